The molecule has 0 aliphatic heterocycles. The van der Waals surface area contributed by atoms with Crippen molar-refractivity contribution in [2.24, 2.45) is 0 Å². The second-order valence-electron chi connectivity index (χ2n) is 6.47. The second kappa shape index (κ2) is 8.62. The van der Waals surface area contributed by atoms with E-state index in [2.05, 4.69) is 9.88 Å². The number of carbonyl (C=O) groups excluding carboxylic acids is 1. The molecule has 136 valence electrons. The highest BCUT2D eigenvalue weighted by molar-refractivity contribution is 7.22. The Labute approximate surface area is 163 Å². The van der Waals surface area contributed by atoms with Gasteiger partial charge in [-0.3, -0.25) is 9.69 Å². The predicted octanol–water partition coefficient (Wildman–Crippen LogP) is 4.48. The van der Waals surface area contributed by atoms with Crippen LogP contribution in [0.1, 0.15) is 12.0 Å². The molecule has 3 rings (SSSR count). The average molecular weight is 388 g/mol. The number of rotatable bonds is 7. The van der Waals surface area contributed by atoms with Gasteiger partial charge in [0.1, 0.15) is 0 Å². The smallest absolute Gasteiger partial charge is 0.233 e. The molecule has 4 nitrogen and oxygen atoms in total. The summed E-state index contributed by atoms with van der Waals surface area (Å²) in [6, 6.07) is 15.5. The van der Waals surface area contributed by atoms with Gasteiger partial charge in [-0.15, -0.1) is 0 Å². The van der Waals surface area contributed by atoms with E-state index in [0.717, 1.165) is 33.9 Å². The zero-order valence-corrected chi connectivity index (χ0v) is 16.6. The van der Waals surface area contributed by atoms with Crippen LogP contribution in [-0.2, 0) is 11.2 Å². The summed E-state index contributed by atoms with van der Waals surface area (Å²) in [6.07, 6.45) is 1.27. The Balaban J connectivity index is 1.84. The lowest BCUT2D eigenvalue weighted by atomic mass is 10.1. The SMILES string of the molecule is CN(C)CCCN(C(=O)Cc1ccccc1)c1nc2ccc(Cl)cc2s1. The molecule has 0 N–H and O–H groups in total. The topological polar surface area (TPSA) is 36.4 Å². The van der Waals surface area contributed by atoms with Crippen molar-refractivity contribution in [3.8, 4) is 0 Å². The first-order valence-electron chi connectivity index (χ1n) is 8.58. The van der Waals surface area contributed by atoms with Crippen molar-refractivity contribution in [1.82, 2.24) is 9.88 Å². The molecule has 0 aliphatic rings. The summed E-state index contributed by atoms with van der Waals surface area (Å²) in [6.45, 7) is 1.57. The Hall–Kier alpha value is -1.95. The molecule has 0 spiro atoms. The molecule has 1 heterocycles. The van der Waals surface area contributed by atoms with Crippen LogP contribution in [-0.4, -0.2) is 43.0 Å². The third kappa shape index (κ3) is 4.81. The number of fused-ring (bicyclic) bond motifs is 1. The second-order valence-corrected chi connectivity index (χ2v) is 7.92. The molecule has 0 fully saturated rings. The van der Waals surface area contributed by atoms with Crippen molar-refractivity contribution in [2.45, 2.75) is 12.8 Å². The lowest BCUT2D eigenvalue weighted by molar-refractivity contribution is -0.118. The molecule has 0 saturated heterocycles. The Morgan fingerprint density at radius 2 is 1.88 bits per heavy atom. The Morgan fingerprint density at radius 1 is 1.12 bits per heavy atom. The maximum absolute atomic E-state index is 13.0. The van der Waals surface area contributed by atoms with Crippen LogP contribution in [0.4, 0.5) is 5.13 Å². The molecule has 2 aromatic carbocycles. The zero-order chi connectivity index (χ0) is 18.5. The number of anilines is 1. The van der Waals surface area contributed by atoms with Crippen molar-refractivity contribution >= 4 is 44.2 Å². The molecule has 1 aromatic heterocycles. The van der Waals surface area contributed by atoms with Gasteiger partial charge in [-0.25, -0.2) is 4.98 Å². The van der Waals surface area contributed by atoms with Gasteiger partial charge in [-0.2, -0.15) is 0 Å². The average Bonchev–Trinajstić information content (AvgIpc) is 3.01. The first-order chi connectivity index (χ1) is 12.5. The summed E-state index contributed by atoms with van der Waals surface area (Å²) >= 11 is 7.60. The first kappa shape index (κ1) is 18.8. The minimum atomic E-state index is 0.0695. The van der Waals surface area contributed by atoms with Gasteiger partial charge >= 0.3 is 0 Å². The van der Waals surface area contributed by atoms with Crippen LogP contribution in [0.3, 0.4) is 0 Å². The molecule has 0 atom stereocenters. The van der Waals surface area contributed by atoms with Gasteiger partial charge < -0.3 is 4.90 Å². The molecule has 0 aliphatic carbocycles. The fraction of sp³-hybridized carbons (Fsp3) is 0.300. The minimum Gasteiger partial charge on any atom is -0.309 e. The molecule has 26 heavy (non-hydrogen) atoms. The maximum atomic E-state index is 13.0. The van der Waals surface area contributed by atoms with Gasteiger partial charge in [0.2, 0.25) is 5.91 Å². The number of thiazole rings is 1. The predicted molar refractivity (Wildman–Crippen MR) is 110 cm³/mol. The van der Waals surface area contributed by atoms with Crippen molar-refractivity contribution in [1.29, 1.82) is 0 Å². The van der Waals surface area contributed by atoms with E-state index in [4.69, 9.17) is 11.6 Å². The number of hydrogen-bond donors (Lipinski definition) is 0. The third-order valence-electron chi connectivity index (χ3n) is 4.06. The largest absolute Gasteiger partial charge is 0.309 e. The summed E-state index contributed by atoms with van der Waals surface area (Å²) in [4.78, 5) is 21.6. The zero-order valence-electron chi connectivity index (χ0n) is 15.0. The van der Waals surface area contributed by atoms with Gasteiger partial charge in [-0.05, 0) is 50.8 Å². The fourth-order valence-electron chi connectivity index (χ4n) is 2.74. The molecular weight excluding hydrogens is 366 g/mol. The normalized spacial score (nSPS) is 11.2. The number of benzene rings is 2. The van der Waals surface area contributed by atoms with Crippen LogP contribution >= 0.6 is 22.9 Å². The number of nitrogens with zero attached hydrogens (tertiary/aromatic N) is 3. The van der Waals surface area contributed by atoms with Gasteiger partial charge in [0.25, 0.3) is 0 Å². The van der Waals surface area contributed by atoms with Crippen LogP contribution in [0, 0.1) is 0 Å². The van der Waals surface area contributed by atoms with Crippen LogP contribution in [0.25, 0.3) is 10.2 Å². The highest BCUT2D eigenvalue weighted by Crippen LogP contribution is 2.31. The van der Waals surface area contributed by atoms with E-state index in [-0.39, 0.29) is 5.91 Å². The van der Waals surface area contributed by atoms with Crippen LogP contribution in [0.5, 0.6) is 0 Å². The number of halogens is 1. The fourth-order valence-corrected chi connectivity index (χ4v) is 4.02. The molecule has 1 amide bonds. The van der Waals surface area contributed by atoms with Crippen molar-refractivity contribution < 1.29 is 4.79 Å². The summed E-state index contributed by atoms with van der Waals surface area (Å²) in [5.74, 6) is 0.0695. The number of amides is 1. The highest BCUT2D eigenvalue weighted by Gasteiger charge is 2.20. The van der Waals surface area contributed by atoms with E-state index in [9.17, 15) is 4.79 Å². The Morgan fingerprint density at radius 3 is 2.62 bits per heavy atom. The van der Waals surface area contributed by atoms with E-state index in [1.165, 1.54) is 11.3 Å². The van der Waals surface area contributed by atoms with E-state index in [0.29, 0.717) is 18.0 Å². The molecule has 0 bridgehead atoms. The van der Waals surface area contributed by atoms with Crippen LogP contribution in [0.15, 0.2) is 48.5 Å². The van der Waals surface area contributed by atoms with Gasteiger partial charge in [0.15, 0.2) is 5.13 Å². The monoisotopic (exact) mass is 387 g/mol. The van der Waals surface area contributed by atoms with Gasteiger partial charge in [0.05, 0.1) is 16.6 Å². The Kier molecular flexibility index (Phi) is 6.25. The lowest BCUT2D eigenvalue weighted by Crippen LogP contribution is -2.34. The quantitative estimate of drug-likeness (QED) is 0.599. The lowest BCUT2D eigenvalue weighted by Gasteiger charge is -2.21. The van der Waals surface area contributed by atoms with E-state index < -0.39 is 0 Å². The van der Waals surface area contributed by atoms with E-state index >= 15 is 0 Å². The minimum absolute atomic E-state index is 0.0695. The summed E-state index contributed by atoms with van der Waals surface area (Å²) in [5.41, 5.74) is 1.89. The van der Waals surface area contributed by atoms with Crippen molar-refractivity contribution in [2.75, 3.05) is 32.1 Å². The molecule has 6 heteroatoms. The molecular formula is C20H22ClN3OS. The summed E-state index contributed by atoms with van der Waals surface area (Å²) < 4.78 is 0.998. The Bertz CT molecular complexity index is 879. The first-order valence-corrected chi connectivity index (χ1v) is 9.77. The summed E-state index contributed by atoms with van der Waals surface area (Å²) in [5, 5.41) is 1.42. The number of aromatic nitrogens is 1. The molecule has 3 aromatic rings. The van der Waals surface area contributed by atoms with E-state index in [1.54, 1.807) is 0 Å². The van der Waals surface area contributed by atoms with Crippen molar-refractivity contribution in [3.05, 3.63) is 59.1 Å². The molecule has 0 unspecified atom stereocenters. The highest BCUT2D eigenvalue weighted by atomic mass is 35.5. The summed E-state index contributed by atoms with van der Waals surface area (Å²) in [7, 11) is 4.08. The number of hydrogen-bond acceptors (Lipinski definition) is 4. The van der Waals surface area contributed by atoms with Crippen molar-refractivity contribution in [3.63, 3.8) is 0 Å². The van der Waals surface area contributed by atoms with Gasteiger partial charge in [0, 0.05) is 11.6 Å². The molecule has 0 saturated carbocycles. The maximum Gasteiger partial charge on any atom is 0.233 e. The third-order valence-corrected chi connectivity index (χ3v) is 5.33. The van der Waals surface area contributed by atoms with Crippen LogP contribution in [0.2, 0.25) is 5.02 Å². The van der Waals surface area contributed by atoms with E-state index in [1.807, 2.05) is 67.5 Å². The van der Waals surface area contributed by atoms with Gasteiger partial charge in [-0.1, -0.05) is 53.3 Å². The molecule has 0 radical (unpaired) electrons. The number of carbonyl (C=O) groups is 1. The van der Waals surface area contributed by atoms with Crippen LogP contribution < -0.4 is 4.90 Å². The standard InChI is InChI=1S/C20H22ClN3OS/c1-23(2)11-6-12-24(19(25)13-15-7-4-3-5-8-15)20-22-17-10-9-16(21)14-18(17)26-20/h3-5,7-10,14H,6,11-13H2,1-2H3.